The molecule has 0 spiro atoms. The van der Waals surface area contributed by atoms with E-state index in [1.807, 2.05) is 6.92 Å². The van der Waals surface area contributed by atoms with Crippen LogP contribution in [0.2, 0.25) is 0 Å². The van der Waals surface area contributed by atoms with Crippen LogP contribution in [0, 0.1) is 0 Å². The van der Waals surface area contributed by atoms with E-state index in [1.54, 1.807) is 24.4 Å². The van der Waals surface area contributed by atoms with Crippen LogP contribution in [0.3, 0.4) is 0 Å². The molecule has 3 aromatic rings. The Morgan fingerprint density at radius 2 is 2.10 bits per heavy atom. The minimum Gasteiger partial charge on any atom is -0.481 e. The van der Waals surface area contributed by atoms with Crippen LogP contribution < -0.4 is 15.7 Å². The molecule has 0 saturated carbocycles. The first-order chi connectivity index (χ1) is 14.9. The van der Waals surface area contributed by atoms with Gasteiger partial charge in [-0.25, -0.2) is 9.78 Å². The number of nitrogens with one attached hydrogen (secondary N) is 1. The number of carbonyl (C=O) groups is 1. The minimum atomic E-state index is -1.08. The van der Waals surface area contributed by atoms with Crippen LogP contribution in [-0.4, -0.2) is 62.2 Å². The fraction of sp³-hybridized carbons (Fsp3) is 0.400. The van der Waals surface area contributed by atoms with Gasteiger partial charge in [-0.2, -0.15) is 4.98 Å². The second kappa shape index (κ2) is 9.94. The van der Waals surface area contributed by atoms with E-state index < -0.39 is 17.7 Å². The first-order valence-corrected chi connectivity index (χ1v) is 9.80. The third-order valence-corrected chi connectivity index (χ3v) is 4.50. The van der Waals surface area contributed by atoms with E-state index in [2.05, 4.69) is 25.5 Å². The third kappa shape index (κ3) is 5.12. The summed E-state index contributed by atoms with van der Waals surface area (Å²) in [5, 5.41) is 20.4. The predicted molar refractivity (Wildman–Crippen MR) is 113 cm³/mol. The molecular weight excluding hydrogens is 404 g/mol. The van der Waals surface area contributed by atoms with Crippen LogP contribution in [0.5, 0.6) is 5.88 Å². The lowest BCUT2D eigenvalue weighted by Crippen LogP contribution is -2.31. The Morgan fingerprint density at radius 3 is 2.74 bits per heavy atom. The van der Waals surface area contributed by atoms with Crippen molar-refractivity contribution in [2.75, 3.05) is 25.6 Å². The van der Waals surface area contributed by atoms with Crippen molar-refractivity contribution in [3.8, 4) is 17.1 Å². The van der Waals surface area contributed by atoms with Crippen molar-refractivity contribution < 1.29 is 19.4 Å². The Kier molecular flexibility index (Phi) is 7.08. The molecule has 3 aromatic heterocycles. The second-order valence-electron chi connectivity index (χ2n) is 6.76. The van der Waals surface area contributed by atoms with Gasteiger partial charge in [-0.3, -0.25) is 9.36 Å². The van der Waals surface area contributed by atoms with Crippen molar-refractivity contribution in [2.45, 2.75) is 32.9 Å². The van der Waals surface area contributed by atoms with E-state index in [0.717, 1.165) is 6.42 Å². The smallest absolute Gasteiger partial charge is 0.350 e. The molecule has 0 amide bonds. The van der Waals surface area contributed by atoms with E-state index >= 15 is 0 Å². The summed E-state index contributed by atoms with van der Waals surface area (Å²) in [5.41, 5.74) is 1.38. The maximum Gasteiger partial charge on any atom is 0.350 e. The molecule has 0 aliphatic rings. The van der Waals surface area contributed by atoms with Gasteiger partial charge in [0.15, 0.2) is 11.3 Å². The maximum absolute atomic E-state index is 12.7. The molecule has 1 atom stereocenters. The Bertz CT molecular complexity index is 1120. The average Bonchev–Trinajstić information content (AvgIpc) is 2.78. The normalized spacial score (nSPS) is 12.0. The predicted octanol–water partition coefficient (Wildman–Crippen LogP) is 1.57. The molecule has 0 aliphatic carbocycles. The van der Waals surface area contributed by atoms with Gasteiger partial charge >= 0.3 is 11.7 Å². The van der Waals surface area contributed by atoms with Crippen molar-refractivity contribution in [1.29, 1.82) is 0 Å². The SMILES string of the molecule is CCCOCCn1c(=O)nc(N[C@H](C)C(=O)O)c2nnc(-c3ccc(OC)nc3)cc21. The van der Waals surface area contributed by atoms with E-state index in [1.165, 1.54) is 18.6 Å². The molecule has 164 valence electrons. The number of methoxy groups -OCH3 is 1. The Morgan fingerprint density at radius 1 is 1.29 bits per heavy atom. The van der Waals surface area contributed by atoms with E-state index in [9.17, 15) is 14.7 Å². The molecule has 31 heavy (non-hydrogen) atoms. The molecule has 11 heteroatoms. The third-order valence-electron chi connectivity index (χ3n) is 4.50. The van der Waals surface area contributed by atoms with Crippen molar-refractivity contribution >= 4 is 22.8 Å². The molecule has 0 fully saturated rings. The van der Waals surface area contributed by atoms with Gasteiger partial charge in [-0.1, -0.05) is 6.92 Å². The van der Waals surface area contributed by atoms with Gasteiger partial charge in [0.25, 0.3) is 0 Å². The largest absolute Gasteiger partial charge is 0.481 e. The zero-order valence-corrected chi connectivity index (χ0v) is 17.5. The van der Waals surface area contributed by atoms with Crippen molar-refractivity contribution in [3.05, 3.63) is 34.9 Å². The molecular formula is C20H24N6O5. The van der Waals surface area contributed by atoms with Gasteiger partial charge in [0.05, 0.1) is 31.5 Å². The van der Waals surface area contributed by atoms with Gasteiger partial charge in [0.1, 0.15) is 6.04 Å². The first kappa shape index (κ1) is 22.1. The van der Waals surface area contributed by atoms with E-state index in [4.69, 9.17) is 9.47 Å². The summed E-state index contributed by atoms with van der Waals surface area (Å²) in [7, 11) is 1.52. The van der Waals surface area contributed by atoms with E-state index in [0.29, 0.717) is 35.9 Å². The molecule has 0 aliphatic heterocycles. The number of aromatic nitrogens is 5. The monoisotopic (exact) mass is 428 g/mol. The van der Waals surface area contributed by atoms with Crippen molar-refractivity contribution in [1.82, 2.24) is 24.7 Å². The number of hydrogen-bond donors (Lipinski definition) is 2. The Hall–Kier alpha value is -3.60. The summed E-state index contributed by atoms with van der Waals surface area (Å²) in [6.45, 7) is 4.62. The first-order valence-electron chi connectivity index (χ1n) is 9.80. The van der Waals surface area contributed by atoms with Crippen LogP contribution in [0.4, 0.5) is 5.82 Å². The van der Waals surface area contributed by atoms with Crippen LogP contribution in [0.25, 0.3) is 22.3 Å². The Labute approximate surface area is 178 Å². The average molecular weight is 428 g/mol. The van der Waals surface area contributed by atoms with Gasteiger partial charge < -0.3 is 19.9 Å². The highest BCUT2D eigenvalue weighted by Gasteiger charge is 2.18. The number of carboxylic acids is 1. The zero-order valence-electron chi connectivity index (χ0n) is 17.5. The standard InChI is InChI=1S/C20H24N6O5/c1-4-8-31-9-7-26-15-10-14(13-5-6-16(30-3)21-11-13)24-25-17(15)18(23-20(26)29)22-12(2)19(27)28/h5-6,10-12H,4,7-9H2,1-3H3,(H,27,28)(H,22,23,29)/t12-/m1/s1. The number of ether oxygens (including phenoxy) is 2. The molecule has 0 unspecified atom stereocenters. The van der Waals surface area contributed by atoms with Gasteiger partial charge in [-0.05, 0) is 25.5 Å². The molecule has 2 N–H and O–H groups in total. The van der Waals surface area contributed by atoms with E-state index in [-0.39, 0.29) is 17.9 Å². The number of rotatable bonds is 10. The summed E-state index contributed by atoms with van der Waals surface area (Å²) in [5.74, 6) is -0.561. The number of carboxylic acid groups (broad SMARTS) is 1. The summed E-state index contributed by atoms with van der Waals surface area (Å²) in [6.07, 6.45) is 2.46. The second-order valence-corrected chi connectivity index (χ2v) is 6.76. The summed E-state index contributed by atoms with van der Waals surface area (Å²) < 4.78 is 12.0. The number of hydrogen-bond acceptors (Lipinski definition) is 9. The highest BCUT2D eigenvalue weighted by atomic mass is 16.5. The summed E-state index contributed by atoms with van der Waals surface area (Å²) in [4.78, 5) is 32.1. The zero-order chi connectivity index (χ0) is 22.4. The summed E-state index contributed by atoms with van der Waals surface area (Å²) >= 11 is 0. The van der Waals surface area contributed by atoms with Gasteiger partial charge in [0.2, 0.25) is 5.88 Å². The number of nitrogens with zero attached hydrogens (tertiary/aromatic N) is 5. The molecule has 3 rings (SSSR count). The van der Waals surface area contributed by atoms with Gasteiger partial charge in [-0.15, -0.1) is 10.2 Å². The lowest BCUT2D eigenvalue weighted by molar-refractivity contribution is -0.137. The fourth-order valence-corrected chi connectivity index (χ4v) is 2.85. The molecule has 0 radical (unpaired) electrons. The summed E-state index contributed by atoms with van der Waals surface area (Å²) in [6, 6.07) is 4.21. The molecule has 0 bridgehead atoms. The molecule has 0 saturated heterocycles. The fourth-order valence-electron chi connectivity index (χ4n) is 2.85. The van der Waals surface area contributed by atoms with Crippen molar-refractivity contribution in [2.24, 2.45) is 0 Å². The lowest BCUT2D eigenvalue weighted by Gasteiger charge is -2.15. The highest BCUT2D eigenvalue weighted by molar-refractivity contribution is 5.89. The highest BCUT2D eigenvalue weighted by Crippen LogP contribution is 2.24. The Balaban J connectivity index is 2.09. The molecule has 3 heterocycles. The molecule has 0 aromatic carbocycles. The molecule has 11 nitrogen and oxygen atoms in total. The van der Waals surface area contributed by atoms with Crippen LogP contribution in [0.1, 0.15) is 20.3 Å². The number of pyridine rings is 1. The van der Waals surface area contributed by atoms with Crippen LogP contribution >= 0.6 is 0 Å². The van der Waals surface area contributed by atoms with Crippen molar-refractivity contribution in [3.63, 3.8) is 0 Å². The van der Waals surface area contributed by atoms with Crippen LogP contribution in [-0.2, 0) is 16.1 Å². The topological polar surface area (TPSA) is 141 Å². The van der Waals surface area contributed by atoms with Crippen LogP contribution in [0.15, 0.2) is 29.2 Å². The quantitative estimate of drug-likeness (QED) is 0.457. The number of fused-ring (bicyclic) bond motifs is 1. The maximum atomic E-state index is 12.7. The number of anilines is 1. The minimum absolute atomic E-state index is 0.0625. The number of aliphatic carboxylic acids is 1. The van der Waals surface area contributed by atoms with Gasteiger partial charge in [0, 0.05) is 24.4 Å². The lowest BCUT2D eigenvalue weighted by atomic mass is 10.2.